The summed E-state index contributed by atoms with van der Waals surface area (Å²) in [5.74, 6) is 0. The van der Waals surface area contributed by atoms with E-state index < -0.39 is 0 Å². The molecule has 1 rings (SSSR count). The van der Waals surface area contributed by atoms with E-state index in [1.54, 1.807) is 0 Å². The van der Waals surface area contributed by atoms with Gasteiger partial charge in [-0.25, -0.2) is 0 Å². The Morgan fingerprint density at radius 1 is 1.38 bits per heavy atom. The first kappa shape index (κ1) is 13.3. The number of rotatable bonds is 7. The normalized spacial score (nSPS) is 13.3. The van der Waals surface area contributed by atoms with Gasteiger partial charge in [0, 0.05) is 38.1 Å². The van der Waals surface area contributed by atoms with Crippen molar-refractivity contribution in [3.63, 3.8) is 0 Å². The molecule has 0 aliphatic carbocycles. The molecule has 1 aromatic rings. The van der Waals surface area contributed by atoms with Crippen LogP contribution in [0.4, 0.5) is 0 Å². The Balaban J connectivity index is 2.30. The number of likely N-dealkylation sites (N-methyl/N-ethyl adjacent to an activating group) is 1. The molecule has 3 heteroatoms. The first-order chi connectivity index (χ1) is 7.67. The van der Waals surface area contributed by atoms with Crippen molar-refractivity contribution >= 4 is 0 Å². The summed E-state index contributed by atoms with van der Waals surface area (Å²) in [6.07, 6.45) is 2.09. The van der Waals surface area contributed by atoms with Crippen molar-refractivity contribution in [2.75, 3.05) is 19.6 Å². The monoisotopic (exact) mass is 223 g/mol. The zero-order valence-electron chi connectivity index (χ0n) is 11.0. The summed E-state index contributed by atoms with van der Waals surface area (Å²) in [6.45, 7) is 11.0. The van der Waals surface area contributed by atoms with Gasteiger partial charge >= 0.3 is 0 Å². The fourth-order valence-corrected chi connectivity index (χ4v) is 1.89. The molecule has 0 aliphatic heterocycles. The van der Waals surface area contributed by atoms with Crippen molar-refractivity contribution in [2.24, 2.45) is 7.05 Å². The Hall–Kier alpha value is -0.800. The maximum atomic E-state index is 3.56. The van der Waals surface area contributed by atoms with Crippen LogP contribution in [0.15, 0.2) is 18.3 Å². The van der Waals surface area contributed by atoms with Crippen LogP contribution >= 0.6 is 0 Å². The van der Waals surface area contributed by atoms with E-state index in [1.807, 2.05) is 0 Å². The molecule has 1 atom stereocenters. The summed E-state index contributed by atoms with van der Waals surface area (Å²) < 4.78 is 2.16. The van der Waals surface area contributed by atoms with E-state index in [4.69, 9.17) is 0 Å². The van der Waals surface area contributed by atoms with Crippen LogP contribution in [0.2, 0.25) is 0 Å². The average molecular weight is 223 g/mol. The smallest absolute Gasteiger partial charge is 0.0361 e. The lowest BCUT2D eigenvalue weighted by molar-refractivity contribution is 0.270. The van der Waals surface area contributed by atoms with Gasteiger partial charge in [-0.2, -0.15) is 0 Å². The SMILES string of the molecule is CCN(CC)CC(C)NCc1cccn1C. The number of nitrogens with one attached hydrogen (secondary N) is 1. The maximum absolute atomic E-state index is 3.56. The second-order valence-electron chi connectivity index (χ2n) is 4.38. The molecule has 1 aromatic heterocycles. The van der Waals surface area contributed by atoms with Crippen LogP contribution in [0, 0.1) is 0 Å². The van der Waals surface area contributed by atoms with Crippen molar-refractivity contribution in [1.29, 1.82) is 0 Å². The second-order valence-corrected chi connectivity index (χ2v) is 4.38. The highest BCUT2D eigenvalue weighted by Crippen LogP contribution is 2.00. The van der Waals surface area contributed by atoms with Gasteiger partial charge in [0.05, 0.1) is 0 Å². The molecule has 0 saturated heterocycles. The van der Waals surface area contributed by atoms with Crippen LogP contribution < -0.4 is 5.32 Å². The Bertz CT molecular complexity index is 289. The van der Waals surface area contributed by atoms with E-state index in [2.05, 4.69) is 60.9 Å². The van der Waals surface area contributed by atoms with Crippen molar-refractivity contribution in [3.8, 4) is 0 Å². The molecule has 16 heavy (non-hydrogen) atoms. The molecule has 0 bridgehead atoms. The van der Waals surface area contributed by atoms with E-state index >= 15 is 0 Å². The van der Waals surface area contributed by atoms with Gasteiger partial charge in [-0.15, -0.1) is 0 Å². The molecule has 0 spiro atoms. The van der Waals surface area contributed by atoms with E-state index in [1.165, 1.54) is 5.69 Å². The van der Waals surface area contributed by atoms with Crippen LogP contribution in [-0.4, -0.2) is 35.1 Å². The zero-order valence-corrected chi connectivity index (χ0v) is 11.0. The predicted molar refractivity (Wildman–Crippen MR) is 69.5 cm³/mol. The van der Waals surface area contributed by atoms with Gasteiger partial charge in [0.15, 0.2) is 0 Å². The van der Waals surface area contributed by atoms with Crippen LogP contribution in [0.3, 0.4) is 0 Å². The fourth-order valence-electron chi connectivity index (χ4n) is 1.89. The number of hydrogen-bond donors (Lipinski definition) is 1. The Labute approximate surface area is 99.4 Å². The summed E-state index contributed by atoms with van der Waals surface area (Å²) in [6, 6.07) is 4.79. The highest BCUT2D eigenvalue weighted by Gasteiger charge is 2.06. The number of hydrogen-bond acceptors (Lipinski definition) is 2. The molecule has 0 aromatic carbocycles. The molecule has 1 unspecified atom stereocenters. The lowest BCUT2D eigenvalue weighted by Gasteiger charge is -2.23. The van der Waals surface area contributed by atoms with Gasteiger partial charge in [0.2, 0.25) is 0 Å². The van der Waals surface area contributed by atoms with Crippen molar-refractivity contribution in [1.82, 2.24) is 14.8 Å². The molecule has 1 N–H and O–H groups in total. The van der Waals surface area contributed by atoms with E-state index in [9.17, 15) is 0 Å². The Kier molecular flexibility index (Phi) is 5.56. The van der Waals surface area contributed by atoms with Gasteiger partial charge in [0.1, 0.15) is 0 Å². The quantitative estimate of drug-likeness (QED) is 0.761. The Morgan fingerprint density at radius 2 is 2.06 bits per heavy atom. The minimum atomic E-state index is 0.537. The van der Waals surface area contributed by atoms with E-state index in [0.29, 0.717) is 6.04 Å². The highest BCUT2D eigenvalue weighted by atomic mass is 15.1. The van der Waals surface area contributed by atoms with E-state index in [-0.39, 0.29) is 0 Å². The van der Waals surface area contributed by atoms with Crippen LogP contribution in [0.5, 0.6) is 0 Å². The molecular weight excluding hydrogens is 198 g/mol. The first-order valence-corrected chi connectivity index (χ1v) is 6.23. The largest absolute Gasteiger partial charge is 0.353 e. The van der Waals surface area contributed by atoms with Crippen LogP contribution in [0.25, 0.3) is 0 Å². The molecule has 0 saturated carbocycles. The topological polar surface area (TPSA) is 20.2 Å². The average Bonchev–Trinajstić information content (AvgIpc) is 2.69. The lowest BCUT2D eigenvalue weighted by atomic mass is 10.3. The van der Waals surface area contributed by atoms with Gasteiger partial charge in [-0.1, -0.05) is 13.8 Å². The number of aryl methyl sites for hydroxylation is 1. The van der Waals surface area contributed by atoms with Crippen molar-refractivity contribution < 1.29 is 0 Å². The third-order valence-electron chi connectivity index (χ3n) is 3.11. The van der Waals surface area contributed by atoms with E-state index in [0.717, 1.165) is 26.2 Å². The number of aromatic nitrogens is 1. The van der Waals surface area contributed by atoms with Crippen molar-refractivity contribution in [3.05, 3.63) is 24.0 Å². The predicted octanol–water partition coefficient (Wildman–Crippen LogP) is 1.84. The molecule has 0 radical (unpaired) electrons. The lowest BCUT2D eigenvalue weighted by Crippen LogP contribution is -2.39. The molecule has 0 aliphatic rings. The highest BCUT2D eigenvalue weighted by molar-refractivity contribution is 5.06. The summed E-state index contributed by atoms with van der Waals surface area (Å²) in [5.41, 5.74) is 1.34. The third kappa shape index (κ3) is 3.99. The molecule has 0 amide bonds. The third-order valence-corrected chi connectivity index (χ3v) is 3.11. The first-order valence-electron chi connectivity index (χ1n) is 6.23. The fraction of sp³-hybridized carbons (Fsp3) is 0.692. The minimum Gasteiger partial charge on any atom is -0.353 e. The van der Waals surface area contributed by atoms with Crippen molar-refractivity contribution in [2.45, 2.75) is 33.4 Å². The molecule has 0 fully saturated rings. The molecule has 92 valence electrons. The van der Waals surface area contributed by atoms with Crippen LogP contribution in [0.1, 0.15) is 26.5 Å². The standard InChI is InChI=1S/C13H25N3/c1-5-16(6-2)11-12(3)14-10-13-8-7-9-15(13)4/h7-9,12,14H,5-6,10-11H2,1-4H3. The maximum Gasteiger partial charge on any atom is 0.0361 e. The van der Waals surface area contributed by atoms with Gasteiger partial charge < -0.3 is 14.8 Å². The summed E-state index contributed by atoms with van der Waals surface area (Å²) >= 11 is 0. The molecular formula is C13H25N3. The summed E-state index contributed by atoms with van der Waals surface area (Å²) in [4.78, 5) is 2.45. The van der Waals surface area contributed by atoms with Gasteiger partial charge in [-0.3, -0.25) is 0 Å². The second kappa shape index (κ2) is 6.71. The molecule has 1 heterocycles. The zero-order chi connectivity index (χ0) is 12.0. The van der Waals surface area contributed by atoms with Gasteiger partial charge in [0.25, 0.3) is 0 Å². The number of nitrogens with zero attached hydrogens (tertiary/aromatic N) is 2. The summed E-state index contributed by atoms with van der Waals surface area (Å²) in [5, 5.41) is 3.56. The summed E-state index contributed by atoms with van der Waals surface area (Å²) in [7, 11) is 2.09. The van der Waals surface area contributed by atoms with Gasteiger partial charge in [-0.05, 0) is 32.1 Å². The Morgan fingerprint density at radius 3 is 2.56 bits per heavy atom. The van der Waals surface area contributed by atoms with Crippen LogP contribution in [-0.2, 0) is 13.6 Å². The minimum absolute atomic E-state index is 0.537. The molecule has 3 nitrogen and oxygen atoms in total.